The third-order valence-electron chi connectivity index (χ3n) is 5.26. The van der Waals surface area contributed by atoms with Crippen LogP contribution in [0.5, 0.6) is 5.75 Å². The lowest BCUT2D eigenvalue weighted by Gasteiger charge is -2.32. The summed E-state index contributed by atoms with van der Waals surface area (Å²) in [6.07, 6.45) is 0. The van der Waals surface area contributed by atoms with Gasteiger partial charge in [0, 0.05) is 16.1 Å². The van der Waals surface area contributed by atoms with Crippen molar-refractivity contribution in [2.24, 2.45) is 0 Å². The molecular formula is C22H19Cl2N3O5. The SMILES string of the molecule is COc1cc(Cl)c(C)cc1NC(=O)CN1C(=O)N[C@@H](c2ccc(Cl)cc2)C2=C1COC2=O. The lowest BCUT2D eigenvalue weighted by atomic mass is 9.96. The van der Waals surface area contributed by atoms with Crippen LogP contribution in [-0.2, 0) is 14.3 Å². The number of carbonyl (C=O) groups is 3. The molecule has 0 spiro atoms. The number of nitrogens with one attached hydrogen (secondary N) is 2. The number of halogens is 2. The molecule has 0 saturated heterocycles. The van der Waals surface area contributed by atoms with Crippen molar-refractivity contribution in [3.8, 4) is 5.75 Å². The van der Waals surface area contributed by atoms with Crippen molar-refractivity contribution in [2.75, 3.05) is 25.6 Å². The number of hydrogen-bond acceptors (Lipinski definition) is 5. The van der Waals surface area contributed by atoms with E-state index in [4.69, 9.17) is 32.7 Å². The van der Waals surface area contributed by atoms with E-state index in [0.29, 0.717) is 38.3 Å². The first-order chi connectivity index (χ1) is 15.3. The summed E-state index contributed by atoms with van der Waals surface area (Å²) in [5.41, 5.74) is 2.50. The van der Waals surface area contributed by atoms with Crippen molar-refractivity contribution in [3.05, 3.63) is 68.8 Å². The topological polar surface area (TPSA) is 97.0 Å². The van der Waals surface area contributed by atoms with Crippen molar-refractivity contribution < 1.29 is 23.9 Å². The van der Waals surface area contributed by atoms with E-state index in [2.05, 4.69) is 10.6 Å². The molecule has 166 valence electrons. The molecule has 0 fully saturated rings. The summed E-state index contributed by atoms with van der Waals surface area (Å²) in [7, 11) is 1.46. The minimum atomic E-state index is -0.692. The zero-order valence-electron chi connectivity index (χ0n) is 17.2. The van der Waals surface area contributed by atoms with Crippen molar-refractivity contribution in [1.29, 1.82) is 0 Å². The number of urea groups is 1. The average molecular weight is 476 g/mol. The molecule has 0 unspecified atom stereocenters. The zero-order valence-corrected chi connectivity index (χ0v) is 18.7. The monoisotopic (exact) mass is 475 g/mol. The predicted octanol–water partition coefficient (Wildman–Crippen LogP) is 3.83. The summed E-state index contributed by atoms with van der Waals surface area (Å²) >= 11 is 12.1. The Morgan fingerprint density at radius 3 is 2.66 bits per heavy atom. The molecule has 2 aliphatic heterocycles. The van der Waals surface area contributed by atoms with Crippen LogP contribution >= 0.6 is 23.2 Å². The number of ether oxygens (including phenoxy) is 2. The molecule has 0 radical (unpaired) electrons. The second kappa shape index (κ2) is 8.72. The highest BCUT2D eigenvalue weighted by atomic mass is 35.5. The van der Waals surface area contributed by atoms with Gasteiger partial charge in [-0.2, -0.15) is 0 Å². The third-order valence-corrected chi connectivity index (χ3v) is 5.92. The first-order valence-electron chi connectivity index (χ1n) is 9.66. The van der Waals surface area contributed by atoms with Gasteiger partial charge in [0.05, 0.1) is 30.1 Å². The van der Waals surface area contributed by atoms with E-state index >= 15 is 0 Å². The van der Waals surface area contributed by atoms with Crippen LogP contribution in [0.15, 0.2) is 47.7 Å². The highest BCUT2D eigenvalue weighted by Crippen LogP contribution is 2.36. The maximum Gasteiger partial charge on any atom is 0.338 e. The Hall–Kier alpha value is -3.23. The maximum atomic E-state index is 12.9. The van der Waals surface area contributed by atoms with Gasteiger partial charge in [-0.25, -0.2) is 9.59 Å². The first-order valence-corrected chi connectivity index (χ1v) is 10.4. The molecule has 0 saturated carbocycles. The van der Waals surface area contributed by atoms with Crippen LogP contribution < -0.4 is 15.4 Å². The molecule has 0 aliphatic carbocycles. The van der Waals surface area contributed by atoms with E-state index in [1.807, 2.05) is 0 Å². The molecule has 2 N–H and O–H groups in total. The predicted molar refractivity (Wildman–Crippen MR) is 119 cm³/mol. The van der Waals surface area contributed by atoms with Crippen LogP contribution in [0.2, 0.25) is 10.0 Å². The van der Waals surface area contributed by atoms with E-state index in [-0.39, 0.29) is 13.2 Å². The fourth-order valence-electron chi connectivity index (χ4n) is 3.65. The van der Waals surface area contributed by atoms with Gasteiger partial charge in [-0.3, -0.25) is 9.69 Å². The lowest BCUT2D eigenvalue weighted by Crippen LogP contribution is -2.49. The molecule has 0 aromatic heterocycles. The Morgan fingerprint density at radius 2 is 1.97 bits per heavy atom. The molecule has 3 amide bonds. The smallest absolute Gasteiger partial charge is 0.338 e. The summed E-state index contributed by atoms with van der Waals surface area (Å²) in [5.74, 6) is -0.629. The summed E-state index contributed by atoms with van der Waals surface area (Å²) < 4.78 is 10.5. The largest absolute Gasteiger partial charge is 0.495 e. The fourth-order valence-corrected chi connectivity index (χ4v) is 3.93. The van der Waals surface area contributed by atoms with Gasteiger partial charge in [-0.15, -0.1) is 0 Å². The number of aryl methyl sites for hydroxylation is 1. The van der Waals surface area contributed by atoms with Gasteiger partial charge in [0.1, 0.15) is 18.9 Å². The van der Waals surface area contributed by atoms with Gasteiger partial charge in [-0.05, 0) is 36.2 Å². The summed E-state index contributed by atoms with van der Waals surface area (Å²) in [4.78, 5) is 39.3. The fraction of sp³-hybridized carbons (Fsp3) is 0.227. The molecule has 2 aliphatic rings. The Balaban J connectivity index is 1.59. The molecule has 1 atom stereocenters. The van der Waals surface area contributed by atoms with Crippen LogP contribution in [-0.4, -0.2) is 43.1 Å². The van der Waals surface area contributed by atoms with Crippen LogP contribution in [0, 0.1) is 6.92 Å². The number of anilines is 1. The number of nitrogens with zero attached hydrogens (tertiary/aromatic N) is 1. The molecule has 4 rings (SSSR count). The Labute approximate surface area is 194 Å². The van der Waals surface area contributed by atoms with Gasteiger partial charge in [-0.1, -0.05) is 35.3 Å². The van der Waals surface area contributed by atoms with Crippen molar-refractivity contribution in [2.45, 2.75) is 13.0 Å². The minimum Gasteiger partial charge on any atom is -0.495 e. The number of esters is 1. The number of benzene rings is 2. The van der Waals surface area contributed by atoms with Crippen LogP contribution in [0.1, 0.15) is 17.2 Å². The summed E-state index contributed by atoms with van der Waals surface area (Å²) in [5, 5.41) is 6.54. The second-order valence-corrected chi connectivity index (χ2v) is 8.15. The number of hydrogen-bond donors (Lipinski definition) is 2. The third kappa shape index (κ3) is 4.11. The molecule has 2 heterocycles. The lowest BCUT2D eigenvalue weighted by molar-refractivity contribution is -0.136. The van der Waals surface area contributed by atoms with Gasteiger partial charge in [0.2, 0.25) is 5.91 Å². The normalized spacial score (nSPS) is 17.6. The van der Waals surface area contributed by atoms with Crippen LogP contribution in [0.4, 0.5) is 10.5 Å². The molecule has 2 aromatic rings. The highest BCUT2D eigenvalue weighted by Gasteiger charge is 2.42. The molecule has 8 nitrogen and oxygen atoms in total. The van der Waals surface area contributed by atoms with E-state index in [0.717, 1.165) is 5.56 Å². The van der Waals surface area contributed by atoms with E-state index in [1.165, 1.54) is 12.0 Å². The molecule has 0 bridgehead atoms. The van der Waals surface area contributed by atoms with Crippen molar-refractivity contribution in [1.82, 2.24) is 10.2 Å². The van der Waals surface area contributed by atoms with Gasteiger partial charge < -0.3 is 20.1 Å². The summed E-state index contributed by atoms with van der Waals surface area (Å²) in [6.45, 7) is 1.38. The van der Waals surface area contributed by atoms with Gasteiger partial charge >= 0.3 is 12.0 Å². The van der Waals surface area contributed by atoms with E-state index in [9.17, 15) is 14.4 Å². The summed E-state index contributed by atoms with van der Waals surface area (Å²) in [6, 6.07) is 8.86. The molecular weight excluding hydrogens is 457 g/mol. The first kappa shape index (κ1) is 22.0. The minimum absolute atomic E-state index is 0.0949. The van der Waals surface area contributed by atoms with Crippen LogP contribution in [0.25, 0.3) is 0 Å². The van der Waals surface area contributed by atoms with Crippen molar-refractivity contribution in [3.63, 3.8) is 0 Å². The molecule has 10 heteroatoms. The highest BCUT2D eigenvalue weighted by molar-refractivity contribution is 6.31. The number of carbonyl (C=O) groups excluding carboxylic acids is 3. The number of rotatable bonds is 5. The number of cyclic esters (lactones) is 1. The average Bonchev–Trinajstić information content (AvgIpc) is 3.14. The zero-order chi connectivity index (χ0) is 23.0. The molecule has 32 heavy (non-hydrogen) atoms. The molecule has 2 aromatic carbocycles. The van der Waals surface area contributed by atoms with Crippen LogP contribution in [0.3, 0.4) is 0 Å². The maximum absolute atomic E-state index is 12.9. The second-order valence-electron chi connectivity index (χ2n) is 7.31. The van der Waals surface area contributed by atoms with Gasteiger partial charge in [0.25, 0.3) is 0 Å². The standard InChI is InChI=1S/C22H19Cl2N3O5/c1-11-7-15(17(31-2)8-14(11)24)25-18(28)9-27-16-10-32-21(29)19(16)20(26-22(27)30)12-3-5-13(23)6-4-12/h3-8,20H,9-10H2,1-2H3,(H,25,28)(H,26,30)/t20-/m0/s1. The number of methoxy groups -OCH3 is 1. The Bertz CT molecular complexity index is 1150. The van der Waals surface area contributed by atoms with E-state index in [1.54, 1.807) is 43.3 Å². The quantitative estimate of drug-likeness (QED) is 0.640. The van der Waals surface area contributed by atoms with Crippen molar-refractivity contribution >= 4 is 46.8 Å². The number of amides is 3. The van der Waals surface area contributed by atoms with Gasteiger partial charge in [0.15, 0.2) is 0 Å². The van der Waals surface area contributed by atoms with E-state index < -0.39 is 23.9 Å². The Morgan fingerprint density at radius 1 is 1.25 bits per heavy atom. The Kier molecular flexibility index (Phi) is 5.99.